The van der Waals surface area contributed by atoms with Gasteiger partial charge in [0.25, 0.3) is 0 Å². The standard InChI is InChI=1S/C11H20N2OS/c1-5-12-6-9-7-13-11(15-9)10(14-4)8(2)3/h7-8,10,12H,5-6H2,1-4H3. The number of rotatable bonds is 6. The Balaban J connectivity index is 2.65. The van der Waals surface area contributed by atoms with Gasteiger partial charge in [0.15, 0.2) is 0 Å². The summed E-state index contributed by atoms with van der Waals surface area (Å²) < 4.78 is 5.44. The van der Waals surface area contributed by atoms with Gasteiger partial charge >= 0.3 is 0 Å². The van der Waals surface area contributed by atoms with Gasteiger partial charge in [0.2, 0.25) is 0 Å². The second kappa shape index (κ2) is 6.20. The number of thiazole rings is 1. The van der Waals surface area contributed by atoms with E-state index in [-0.39, 0.29) is 6.10 Å². The van der Waals surface area contributed by atoms with Crippen molar-refractivity contribution in [1.29, 1.82) is 0 Å². The number of nitrogens with one attached hydrogen (secondary N) is 1. The number of ether oxygens (including phenoxy) is 1. The summed E-state index contributed by atoms with van der Waals surface area (Å²) in [5.41, 5.74) is 0. The summed E-state index contributed by atoms with van der Waals surface area (Å²) in [6, 6.07) is 0. The molecule has 0 aliphatic rings. The molecule has 1 rings (SSSR count). The molecule has 15 heavy (non-hydrogen) atoms. The molecule has 1 unspecified atom stereocenters. The van der Waals surface area contributed by atoms with Crippen LogP contribution in [0, 0.1) is 5.92 Å². The first-order valence-corrected chi connectivity index (χ1v) is 6.18. The van der Waals surface area contributed by atoms with Crippen LogP contribution in [0.3, 0.4) is 0 Å². The molecule has 0 spiro atoms. The molecule has 0 fully saturated rings. The Morgan fingerprint density at radius 2 is 2.27 bits per heavy atom. The highest BCUT2D eigenvalue weighted by molar-refractivity contribution is 7.11. The van der Waals surface area contributed by atoms with Gasteiger partial charge in [-0.25, -0.2) is 4.98 Å². The van der Waals surface area contributed by atoms with Crippen molar-refractivity contribution in [2.75, 3.05) is 13.7 Å². The van der Waals surface area contributed by atoms with E-state index in [1.165, 1.54) is 4.88 Å². The molecule has 0 saturated heterocycles. The maximum atomic E-state index is 5.44. The van der Waals surface area contributed by atoms with Crippen molar-refractivity contribution < 1.29 is 4.74 Å². The highest BCUT2D eigenvalue weighted by Crippen LogP contribution is 2.28. The summed E-state index contributed by atoms with van der Waals surface area (Å²) in [6.07, 6.45) is 2.07. The Morgan fingerprint density at radius 1 is 1.53 bits per heavy atom. The van der Waals surface area contributed by atoms with Crippen molar-refractivity contribution in [1.82, 2.24) is 10.3 Å². The predicted octanol–water partition coefficient (Wildman–Crippen LogP) is 2.60. The zero-order chi connectivity index (χ0) is 11.3. The van der Waals surface area contributed by atoms with Gasteiger partial charge in [-0.3, -0.25) is 0 Å². The minimum Gasteiger partial charge on any atom is -0.374 e. The molecule has 0 saturated carbocycles. The monoisotopic (exact) mass is 228 g/mol. The van der Waals surface area contributed by atoms with Gasteiger partial charge in [0.1, 0.15) is 11.1 Å². The molecule has 4 heteroatoms. The smallest absolute Gasteiger partial charge is 0.122 e. The van der Waals surface area contributed by atoms with Gasteiger partial charge in [0.05, 0.1) is 0 Å². The first kappa shape index (κ1) is 12.6. The fourth-order valence-electron chi connectivity index (χ4n) is 1.44. The van der Waals surface area contributed by atoms with Crippen molar-refractivity contribution in [2.24, 2.45) is 5.92 Å². The van der Waals surface area contributed by atoms with Crippen LogP contribution in [0.4, 0.5) is 0 Å². The van der Waals surface area contributed by atoms with Crippen molar-refractivity contribution in [3.63, 3.8) is 0 Å². The Morgan fingerprint density at radius 3 is 2.80 bits per heavy atom. The van der Waals surface area contributed by atoms with E-state index in [9.17, 15) is 0 Å². The summed E-state index contributed by atoms with van der Waals surface area (Å²) >= 11 is 1.74. The average molecular weight is 228 g/mol. The second-order valence-corrected chi connectivity index (χ2v) is 4.99. The molecule has 0 aliphatic carbocycles. The molecule has 0 radical (unpaired) electrons. The Hall–Kier alpha value is -0.450. The fourth-order valence-corrected chi connectivity index (χ4v) is 2.58. The molecule has 0 aliphatic heterocycles. The highest BCUT2D eigenvalue weighted by Gasteiger charge is 2.18. The molecule has 1 N–H and O–H groups in total. The van der Waals surface area contributed by atoms with Gasteiger partial charge < -0.3 is 10.1 Å². The van der Waals surface area contributed by atoms with E-state index in [2.05, 4.69) is 31.1 Å². The molecule has 0 amide bonds. The van der Waals surface area contributed by atoms with Crippen LogP contribution in [0.5, 0.6) is 0 Å². The molecular weight excluding hydrogens is 208 g/mol. The predicted molar refractivity (Wildman–Crippen MR) is 64.1 cm³/mol. The number of nitrogens with zero attached hydrogens (tertiary/aromatic N) is 1. The van der Waals surface area contributed by atoms with Gasteiger partial charge in [-0.1, -0.05) is 20.8 Å². The lowest BCUT2D eigenvalue weighted by atomic mass is 10.1. The number of aromatic nitrogens is 1. The first-order valence-electron chi connectivity index (χ1n) is 5.37. The van der Waals surface area contributed by atoms with Crippen LogP contribution in [-0.2, 0) is 11.3 Å². The van der Waals surface area contributed by atoms with Crippen molar-refractivity contribution in [2.45, 2.75) is 33.4 Å². The van der Waals surface area contributed by atoms with Crippen molar-refractivity contribution in [3.8, 4) is 0 Å². The minimum absolute atomic E-state index is 0.130. The fraction of sp³-hybridized carbons (Fsp3) is 0.727. The topological polar surface area (TPSA) is 34.2 Å². The normalized spacial score (nSPS) is 13.4. The van der Waals surface area contributed by atoms with Crippen LogP contribution in [0.1, 0.15) is 36.8 Å². The molecule has 1 aromatic rings. The zero-order valence-corrected chi connectivity index (χ0v) is 10.7. The van der Waals surface area contributed by atoms with Crippen molar-refractivity contribution >= 4 is 11.3 Å². The number of methoxy groups -OCH3 is 1. The summed E-state index contributed by atoms with van der Waals surface area (Å²) in [5.74, 6) is 0.466. The third-order valence-electron chi connectivity index (χ3n) is 2.22. The van der Waals surface area contributed by atoms with Crippen molar-refractivity contribution in [3.05, 3.63) is 16.1 Å². The lowest BCUT2D eigenvalue weighted by Gasteiger charge is -2.15. The van der Waals surface area contributed by atoms with E-state index in [0.717, 1.165) is 18.1 Å². The molecule has 1 atom stereocenters. The Labute approximate surface area is 95.9 Å². The van der Waals surface area contributed by atoms with Crippen LogP contribution in [0.2, 0.25) is 0 Å². The van der Waals surface area contributed by atoms with Crippen LogP contribution in [0.25, 0.3) is 0 Å². The molecule has 3 nitrogen and oxygen atoms in total. The largest absolute Gasteiger partial charge is 0.374 e. The SMILES string of the molecule is CCNCc1cnc(C(OC)C(C)C)s1. The molecule has 1 heterocycles. The summed E-state index contributed by atoms with van der Waals surface area (Å²) in [6.45, 7) is 8.31. The lowest BCUT2D eigenvalue weighted by molar-refractivity contribution is 0.0644. The molecular formula is C11H20N2OS. The van der Waals surface area contributed by atoms with Gasteiger partial charge in [-0.05, 0) is 12.5 Å². The van der Waals surface area contributed by atoms with Gasteiger partial charge in [-0.2, -0.15) is 0 Å². The van der Waals surface area contributed by atoms with Gasteiger partial charge in [0, 0.05) is 24.7 Å². The highest BCUT2D eigenvalue weighted by atomic mass is 32.1. The minimum atomic E-state index is 0.130. The Kier molecular flexibility index (Phi) is 5.22. The quantitative estimate of drug-likeness (QED) is 0.812. The van der Waals surface area contributed by atoms with Gasteiger partial charge in [-0.15, -0.1) is 11.3 Å². The van der Waals surface area contributed by atoms with Crippen LogP contribution in [-0.4, -0.2) is 18.6 Å². The van der Waals surface area contributed by atoms with E-state index < -0.39 is 0 Å². The maximum absolute atomic E-state index is 5.44. The third-order valence-corrected chi connectivity index (χ3v) is 3.28. The Bertz CT molecular complexity index is 286. The lowest BCUT2D eigenvalue weighted by Crippen LogP contribution is -2.10. The maximum Gasteiger partial charge on any atom is 0.122 e. The molecule has 0 aromatic carbocycles. The van der Waals surface area contributed by atoms with E-state index in [1.807, 2.05) is 6.20 Å². The molecule has 1 aromatic heterocycles. The van der Waals surface area contributed by atoms with Crippen LogP contribution in [0.15, 0.2) is 6.20 Å². The van der Waals surface area contributed by atoms with Crippen LogP contribution < -0.4 is 5.32 Å². The number of hydrogen-bond acceptors (Lipinski definition) is 4. The van der Waals surface area contributed by atoms with E-state index in [1.54, 1.807) is 18.4 Å². The van der Waals surface area contributed by atoms with E-state index >= 15 is 0 Å². The summed E-state index contributed by atoms with van der Waals surface area (Å²) in [5, 5.41) is 4.38. The van der Waals surface area contributed by atoms with Crippen LogP contribution >= 0.6 is 11.3 Å². The van der Waals surface area contributed by atoms with E-state index in [4.69, 9.17) is 4.74 Å². The third kappa shape index (κ3) is 3.55. The van der Waals surface area contributed by atoms with E-state index in [0.29, 0.717) is 5.92 Å². The first-order chi connectivity index (χ1) is 7.19. The summed E-state index contributed by atoms with van der Waals surface area (Å²) in [4.78, 5) is 5.69. The average Bonchev–Trinajstić information content (AvgIpc) is 2.64. The zero-order valence-electron chi connectivity index (χ0n) is 9.91. The molecule has 0 bridgehead atoms. The number of hydrogen-bond donors (Lipinski definition) is 1. The summed E-state index contributed by atoms with van der Waals surface area (Å²) in [7, 11) is 1.75. The molecule has 86 valence electrons. The second-order valence-electron chi connectivity index (χ2n) is 3.85.